The van der Waals surface area contributed by atoms with Crippen molar-refractivity contribution >= 4 is 17.9 Å². The highest BCUT2D eigenvalue weighted by atomic mass is 16.7. The van der Waals surface area contributed by atoms with E-state index in [4.69, 9.17) is 18.9 Å². The quantitative estimate of drug-likeness (QED) is 0.0211. The molecule has 0 amide bonds. The fraction of sp³-hybridized carbons (Fsp3) is 0.628. The van der Waals surface area contributed by atoms with Crippen LogP contribution in [0.3, 0.4) is 0 Å². The van der Waals surface area contributed by atoms with Crippen LogP contribution in [0.4, 0.5) is 0 Å². The van der Waals surface area contributed by atoms with Gasteiger partial charge in [0.2, 0.25) is 0 Å². The topological polar surface area (TPSA) is 108 Å². The number of unbranched alkanes of at least 4 members (excludes halogenated alkanes) is 21. The summed E-state index contributed by atoms with van der Waals surface area (Å²) in [5.74, 6) is -2.03. The number of carbonyl (C=O) groups is 3. The fourth-order valence-electron chi connectivity index (χ4n) is 9.06. The standard InChI is InChI=1S/C78H127NO8/c1-6-8-10-12-14-16-18-20-22-24-26-28-30-32-34-36-38-40-42-44-46-48-50-52-54-56-58-60-62-64-66-68-75(80)85-72-74(73-86-78(77(82)83)84-71-70-79(3,4)5)87-76(81)69-67-65-63-61-59-57-55-53-51-49-47-45-43-41-39-37-35-33-31-29-27-25-23-21-19-17-15-13-11-9-7-2/h8-11,14-17,20-23,26-29,32-35,38-41,45,47,74,78H,6-7,12-13,18-19,24-25,30-31,36-37,42-44,46,48-73H2,1-5H3/p+1/b10-8-,11-9-,16-14-,17-15-,22-20-,23-21-,28-26-,29-27-,34-32-,35-33-,40-38-,41-39-,47-45-. The number of esters is 2. The van der Waals surface area contributed by atoms with Crippen LogP contribution < -0.4 is 0 Å². The number of likely N-dealkylation sites (N-methyl/N-ethyl adjacent to an activating group) is 1. The molecule has 0 radical (unpaired) electrons. The zero-order valence-electron chi connectivity index (χ0n) is 56.1. The zero-order chi connectivity index (χ0) is 63.3. The van der Waals surface area contributed by atoms with E-state index >= 15 is 0 Å². The third-order valence-corrected chi connectivity index (χ3v) is 14.3. The van der Waals surface area contributed by atoms with Gasteiger partial charge in [-0.3, -0.25) is 9.59 Å². The first-order chi connectivity index (χ1) is 42.6. The van der Waals surface area contributed by atoms with Crippen molar-refractivity contribution in [3.8, 4) is 0 Å². The molecule has 0 aliphatic rings. The lowest BCUT2D eigenvalue weighted by Crippen LogP contribution is -2.40. The van der Waals surface area contributed by atoms with Gasteiger partial charge in [-0.1, -0.05) is 281 Å². The van der Waals surface area contributed by atoms with Gasteiger partial charge in [0.25, 0.3) is 6.29 Å². The number of allylic oxidation sites excluding steroid dienone is 26. The molecule has 0 aliphatic heterocycles. The van der Waals surface area contributed by atoms with Crippen LogP contribution in [0, 0.1) is 0 Å². The second-order valence-corrected chi connectivity index (χ2v) is 23.7. The first-order valence-corrected chi connectivity index (χ1v) is 34.6. The molecular weight excluding hydrogens is 1080 g/mol. The Labute approximate surface area is 534 Å². The number of hydrogen-bond acceptors (Lipinski definition) is 7. The van der Waals surface area contributed by atoms with Crippen molar-refractivity contribution in [2.24, 2.45) is 0 Å². The molecule has 0 heterocycles. The molecule has 0 spiro atoms. The maximum Gasteiger partial charge on any atom is 0.361 e. The number of nitrogens with zero attached hydrogens (tertiary/aromatic N) is 1. The summed E-state index contributed by atoms with van der Waals surface area (Å²) in [6, 6.07) is 0. The number of aliphatic carboxylic acids is 1. The molecule has 0 aliphatic carbocycles. The monoisotopic (exact) mass is 1210 g/mol. The van der Waals surface area contributed by atoms with Crippen LogP contribution in [0.15, 0.2) is 158 Å². The predicted molar refractivity (Wildman–Crippen MR) is 373 cm³/mol. The average Bonchev–Trinajstić information content (AvgIpc) is 3.56. The van der Waals surface area contributed by atoms with E-state index in [1.165, 1.54) is 96.3 Å². The Bertz CT molecular complexity index is 1990. The molecule has 9 heteroatoms. The molecule has 2 unspecified atom stereocenters. The molecule has 1 N–H and O–H groups in total. The van der Waals surface area contributed by atoms with Crippen LogP contribution >= 0.6 is 0 Å². The van der Waals surface area contributed by atoms with Gasteiger partial charge in [0.1, 0.15) is 13.2 Å². The van der Waals surface area contributed by atoms with E-state index < -0.39 is 24.3 Å². The third kappa shape index (κ3) is 68.3. The van der Waals surface area contributed by atoms with Crippen molar-refractivity contribution in [1.29, 1.82) is 0 Å². The van der Waals surface area contributed by atoms with E-state index in [2.05, 4.69) is 172 Å². The van der Waals surface area contributed by atoms with Gasteiger partial charge in [-0.2, -0.15) is 0 Å². The molecule has 0 saturated carbocycles. The number of carboxylic acid groups (broad SMARTS) is 1. The van der Waals surface area contributed by atoms with E-state index in [-0.39, 0.29) is 38.6 Å². The molecule has 0 aromatic carbocycles. The van der Waals surface area contributed by atoms with Crippen molar-refractivity contribution in [2.45, 2.75) is 270 Å². The lowest BCUT2D eigenvalue weighted by molar-refractivity contribution is -0.870. The van der Waals surface area contributed by atoms with Crippen molar-refractivity contribution in [2.75, 3.05) is 47.5 Å². The van der Waals surface area contributed by atoms with E-state index in [0.717, 1.165) is 128 Å². The second kappa shape index (κ2) is 66.9. The molecular formula is C78H128NO8+. The van der Waals surface area contributed by atoms with Gasteiger partial charge in [-0.25, -0.2) is 4.79 Å². The molecule has 0 rings (SSSR count). The third-order valence-electron chi connectivity index (χ3n) is 14.3. The lowest BCUT2D eigenvalue weighted by atomic mass is 10.0. The molecule has 0 bridgehead atoms. The Kier molecular flexibility index (Phi) is 62.9. The number of quaternary nitrogens is 1. The summed E-state index contributed by atoms with van der Waals surface area (Å²) in [6.07, 6.45) is 96.2. The van der Waals surface area contributed by atoms with Crippen LogP contribution in [-0.2, 0) is 33.3 Å². The summed E-state index contributed by atoms with van der Waals surface area (Å²) in [4.78, 5) is 37.6. The highest BCUT2D eigenvalue weighted by Crippen LogP contribution is 2.16. The fourth-order valence-corrected chi connectivity index (χ4v) is 9.06. The number of ether oxygens (including phenoxy) is 4. The minimum atomic E-state index is -1.52. The Morgan fingerprint density at radius 3 is 0.920 bits per heavy atom. The smallest absolute Gasteiger partial charge is 0.361 e. The number of hydrogen-bond donors (Lipinski definition) is 1. The van der Waals surface area contributed by atoms with Crippen molar-refractivity contribution in [3.05, 3.63) is 158 Å². The maximum absolute atomic E-state index is 12.9. The molecule has 0 aromatic rings. The second-order valence-electron chi connectivity index (χ2n) is 23.7. The minimum absolute atomic E-state index is 0.178. The van der Waals surface area contributed by atoms with Crippen LogP contribution in [0.2, 0.25) is 0 Å². The van der Waals surface area contributed by atoms with Crippen LogP contribution in [0.5, 0.6) is 0 Å². The zero-order valence-corrected chi connectivity index (χ0v) is 56.1. The molecule has 9 nitrogen and oxygen atoms in total. The summed E-state index contributed by atoms with van der Waals surface area (Å²) < 4.78 is 23.0. The Morgan fingerprint density at radius 2 is 0.621 bits per heavy atom. The number of carboxylic acids is 1. The molecule has 0 aromatic heterocycles. The van der Waals surface area contributed by atoms with Gasteiger partial charge in [0, 0.05) is 12.8 Å². The first-order valence-electron chi connectivity index (χ1n) is 34.6. The van der Waals surface area contributed by atoms with E-state index in [9.17, 15) is 19.5 Å². The highest BCUT2D eigenvalue weighted by molar-refractivity contribution is 5.71. The predicted octanol–water partition coefficient (Wildman–Crippen LogP) is 21.7. The molecule has 492 valence electrons. The number of carbonyl (C=O) groups excluding carboxylic acids is 2. The van der Waals surface area contributed by atoms with Crippen LogP contribution in [-0.4, -0.2) is 87.4 Å². The van der Waals surface area contributed by atoms with Gasteiger partial charge in [-0.05, 0) is 122 Å². The average molecular weight is 1210 g/mol. The Hall–Kier alpha value is -5.09. The Balaban J connectivity index is 4.20. The normalized spacial score (nSPS) is 13.7. The van der Waals surface area contributed by atoms with Crippen LogP contribution in [0.25, 0.3) is 0 Å². The lowest BCUT2D eigenvalue weighted by Gasteiger charge is -2.25. The first kappa shape index (κ1) is 81.9. The molecule has 0 saturated heterocycles. The molecule has 2 atom stereocenters. The summed E-state index contributed by atoms with van der Waals surface area (Å²) in [5, 5.41) is 9.75. The maximum atomic E-state index is 12.9. The van der Waals surface area contributed by atoms with E-state index in [1.54, 1.807) is 0 Å². The van der Waals surface area contributed by atoms with E-state index in [1.807, 2.05) is 21.1 Å². The minimum Gasteiger partial charge on any atom is -0.477 e. The summed E-state index contributed by atoms with van der Waals surface area (Å²) in [7, 11) is 5.97. The highest BCUT2D eigenvalue weighted by Gasteiger charge is 2.25. The van der Waals surface area contributed by atoms with Gasteiger partial charge in [0.05, 0.1) is 34.4 Å². The number of rotatable bonds is 62. The van der Waals surface area contributed by atoms with Gasteiger partial charge >= 0.3 is 17.9 Å². The van der Waals surface area contributed by atoms with Crippen molar-refractivity contribution < 1.29 is 42.9 Å². The SMILES string of the molecule is CC/C=C\C/C=C\C/C=C\C/C=C\C/C=C\C/C=C\C/C=C\CCCCCCCCCCCC(=O)OC(COC(=O)CCCCCCCCCCCCCC/C=C\C/C=C\C/C=C\C/C=C\C/C=C\C/C=C\CC)COC(OCC[N+](C)(C)C)C(=O)O. The van der Waals surface area contributed by atoms with Gasteiger partial charge < -0.3 is 28.5 Å². The van der Waals surface area contributed by atoms with Gasteiger partial charge in [0.15, 0.2) is 6.10 Å². The Morgan fingerprint density at radius 1 is 0.345 bits per heavy atom. The summed E-state index contributed by atoms with van der Waals surface area (Å²) >= 11 is 0. The largest absolute Gasteiger partial charge is 0.477 e. The van der Waals surface area contributed by atoms with Gasteiger partial charge in [-0.15, -0.1) is 0 Å². The van der Waals surface area contributed by atoms with E-state index in [0.29, 0.717) is 17.4 Å². The summed E-state index contributed by atoms with van der Waals surface area (Å²) in [6.45, 7) is 4.63. The van der Waals surface area contributed by atoms with Crippen LogP contribution in [0.1, 0.15) is 258 Å². The van der Waals surface area contributed by atoms with Crippen molar-refractivity contribution in [1.82, 2.24) is 0 Å². The summed E-state index contributed by atoms with van der Waals surface area (Å²) in [5.41, 5.74) is 0. The molecule has 0 fully saturated rings. The van der Waals surface area contributed by atoms with Crippen molar-refractivity contribution in [3.63, 3.8) is 0 Å². The molecule has 87 heavy (non-hydrogen) atoms.